The van der Waals surface area contributed by atoms with Crippen molar-refractivity contribution in [3.05, 3.63) is 64.0 Å². The first-order chi connectivity index (χ1) is 12.1. The zero-order valence-electron chi connectivity index (χ0n) is 13.7. The fourth-order valence-corrected chi connectivity index (χ4v) is 2.75. The van der Waals surface area contributed by atoms with E-state index in [1.165, 1.54) is 0 Å². The van der Waals surface area contributed by atoms with E-state index in [1.54, 1.807) is 25.3 Å². The fourth-order valence-electron chi connectivity index (χ4n) is 2.21. The minimum absolute atomic E-state index is 0.0959. The lowest BCUT2D eigenvalue weighted by atomic mass is 10.1. The standard InChI is InChI=1S/C18H15BrN2O4/c1-11-4-3-5-12(8-11)17-21-20-16(25-17)10-24-18(22)13-6-7-15(23-2)14(19)9-13/h3-9H,10H2,1-2H3. The van der Waals surface area contributed by atoms with Gasteiger partial charge in [0.05, 0.1) is 17.1 Å². The van der Waals surface area contributed by atoms with Crippen LogP contribution in [0.3, 0.4) is 0 Å². The van der Waals surface area contributed by atoms with Crippen LogP contribution in [-0.4, -0.2) is 23.3 Å². The van der Waals surface area contributed by atoms with Crippen LogP contribution in [0.25, 0.3) is 11.5 Å². The summed E-state index contributed by atoms with van der Waals surface area (Å²) in [7, 11) is 1.56. The Kier molecular flexibility index (Phi) is 5.14. The summed E-state index contributed by atoms with van der Waals surface area (Å²) >= 11 is 3.33. The molecule has 0 atom stereocenters. The number of rotatable bonds is 5. The highest BCUT2D eigenvalue weighted by Crippen LogP contribution is 2.26. The monoisotopic (exact) mass is 402 g/mol. The maximum absolute atomic E-state index is 12.1. The molecule has 7 heteroatoms. The molecule has 3 aromatic rings. The molecular weight excluding hydrogens is 388 g/mol. The van der Waals surface area contributed by atoms with Crippen molar-refractivity contribution in [2.24, 2.45) is 0 Å². The molecule has 0 bridgehead atoms. The fraction of sp³-hybridized carbons (Fsp3) is 0.167. The number of esters is 1. The van der Waals surface area contributed by atoms with Crippen LogP contribution in [0.1, 0.15) is 21.8 Å². The van der Waals surface area contributed by atoms with Crippen LogP contribution in [0, 0.1) is 6.92 Å². The van der Waals surface area contributed by atoms with E-state index in [0.29, 0.717) is 21.7 Å². The average molecular weight is 403 g/mol. The number of benzene rings is 2. The van der Waals surface area contributed by atoms with Crippen molar-refractivity contribution in [2.75, 3.05) is 7.11 Å². The van der Waals surface area contributed by atoms with Gasteiger partial charge in [-0.3, -0.25) is 0 Å². The Hall–Kier alpha value is -2.67. The Morgan fingerprint density at radius 1 is 1.20 bits per heavy atom. The van der Waals surface area contributed by atoms with Crippen molar-refractivity contribution in [3.63, 3.8) is 0 Å². The number of methoxy groups -OCH3 is 1. The van der Waals surface area contributed by atoms with Gasteiger partial charge in [-0.15, -0.1) is 10.2 Å². The number of aryl methyl sites for hydroxylation is 1. The minimum Gasteiger partial charge on any atom is -0.496 e. The quantitative estimate of drug-likeness (QED) is 0.596. The van der Waals surface area contributed by atoms with Gasteiger partial charge in [0.25, 0.3) is 5.89 Å². The summed E-state index contributed by atoms with van der Waals surface area (Å²) in [5, 5.41) is 7.89. The summed E-state index contributed by atoms with van der Waals surface area (Å²) in [5.74, 6) is 0.772. The second kappa shape index (κ2) is 7.48. The number of ether oxygens (including phenoxy) is 2. The average Bonchev–Trinajstić information content (AvgIpc) is 3.08. The van der Waals surface area contributed by atoms with Crippen LogP contribution in [0.4, 0.5) is 0 Å². The maximum atomic E-state index is 12.1. The molecule has 1 heterocycles. The van der Waals surface area contributed by atoms with Gasteiger partial charge in [0.15, 0.2) is 6.61 Å². The smallest absolute Gasteiger partial charge is 0.338 e. The topological polar surface area (TPSA) is 74.5 Å². The molecule has 0 aliphatic carbocycles. The van der Waals surface area contributed by atoms with E-state index in [4.69, 9.17) is 13.9 Å². The molecule has 6 nitrogen and oxygen atoms in total. The van der Waals surface area contributed by atoms with E-state index in [9.17, 15) is 4.79 Å². The molecule has 0 saturated carbocycles. The zero-order chi connectivity index (χ0) is 17.8. The number of carbonyl (C=O) groups excluding carboxylic acids is 1. The van der Waals surface area contributed by atoms with Crippen molar-refractivity contribution in [2.45, 2.75) is 13.5 Å². The van der Waals surface area contributed by atoms with Gasteiger partial charge in [-0.05, 0) is 53.2 Å². The van der Waals surface area contributed by atoms with Crippen molar-refractivity contribution >= 4 is 21.9 Å². The Labute approximate surface area is 152 Å². The predicted octanol–water partition coefficient (Wildman–Crippen LogP) is 4.17. The van der Waals surface area contributed by atoms with Crippen molar-refractivity contribution in [1.82, 2.24) is 10.2 Å². The third kappa shape index (κ3) is 4.06. The normalized spacial score (nSPS) is 10.5. The highest BCUT2D eigenvalue weighted by Gasteiger charge is 2.14. The van der Waals surface area contributed by atoms with Crippen molar-refractivity contribution in [1.29, 1.82) is 0 Å². The molecule has 0 spiro atoms. The van der Waals surface area contributed by atoms with E-state index in [-0.39, 0.29) is 12.5 Å². The molecular formula is C18H15BrN2O4. The van der Waals surface area contributed by atoms with E-state index in [1.807, 2.05) is 31.2 Å². The number of halogens is 1. The summed E-state index contributed by atoms with van der Waals surface area (Å²) in [6.45, 7) is 1.89. The Morgan fingerprint density at radius 3 is 2.76 bits per heavy atom. The molecule has 0 aliphatic rings. The number of nitrogens with zero attached hydrogens (tertiary/aromatic N) is 2. The lowest BCUT2D eigenvalue weighted by molar-refractivity contribution is 0.0438. The van der Waals surface area contributed by atoms with E-state index in [2.05, 4.69) is 26.1 Å². The van der Waals surface area contributed by atoms with Crippen LogP contribution in [0.2, 0.25) is 0 Å². The molecule has 128 valence electrons. The van der Waals surface area contributed by atoms with E-state index in [0.717, 1.165) is 11.1 Å². The minimum atomic E-state index is -0.487. The van der Waals surface area contributed by atoms with Gasteiger partial charge in [-0.1, -0.05) is 17.7 Å². The summed E-state index contributed by atoms with van der Waals surface area (Å²) in [4.78, 5) is 12.1. The van der Waals surface area contributed by atoms with Crippen LogP contribution >= 0.6 is 15.9 Å². The van der Waals surface area contributed by atoms with Crippen molar-refractivity contribution < 1.29 is 18.7 Å². The predicted molar refractivity (Wildman–Crippen MR) is 94.3 cm³/mol. The SMILES string of the molecule is COc1ccc(C(=O)OCc2nnc(-c3cccc(C)c3)o2)cc1Br. The third-order valence-electron chi connectivity index (χ3n) is 3.45. The van der Waals surface area contributed by atoms with Crippen LogP contribution in [0.5, 0.6) is 5.75 Å². The summed E-state index contributed by atoms with van der Waals surface area (Å²) < 4.78 is 16.6. The maximum Gasteiger partial charge on any atom is 0.338 e. The molecule has 0 saturated heterocycles. The van der Waals surface area contributed by atoms with E-state index >= 15 is 0 Å². The Morgan fingerprint density at radius 2 is 2.04 bits per heavy atom. The summed E-state index contributed by atoms with van der Waals surface area (Å²) in [6, 6.07) is 12.7. The molecule has 2 aromatic carbocycles. The van der Waals surface area contributed by atoms with Crippen LogP contribution < -0.4 is 4.74 Å². The van der Waals surface area contributed by atoms with Crippen molar-refractivity contribution in [3.8, 4) is 17.2 Å². The number of carbonyl (C=O) groups is 1. The summed E-state index contributed by atoms with van der Waals surface area (Å²) in [5.41, 5.74) is 2.31. The van der Waals surface area contributed by atoms with E-state index < -0.39 is 5.97 Å². The Balaban J connectivity index is 1.66. The van der Waals surface area contributed by atoms with Gasteiger partial charge in [0, 0.05) is 5.56 Å². The number of hydrogen-bond acceptors (Lipinski definition) is 6. The Bertz CT molecular complexity index is 908. The largest absolute Gasteiger partial charge is 0.496 e. The van der Waals surface area contributed by atoms with Crippen LogP contribution in [0.15, 0.2) is 51.4 Å². The first kappa shape index (κ1) is 17.2. The molecule has 25 heavy (non-hydrogen) atoms. The molecule has 3 rings (SSSR count). The van der Waals surface area contributed by atoms with Gasteiger partial charge < -0.3 is 13.9 Å². The molecule has 0 fully saturated rings. The first-order valence-electron chi connectivity index (χ1n) is 7.47. The second-order valence-corrected chi connectivity index (χ2v) is 6.15. The molecule has 0 aliphatic heterocycles. The molecule has 0 radical (unpaired) electrons. The lowest BCUT2D eigenvalue weighted by Crippen LogP contribution is -2.05. The van der Waals surface area contributed by atoms with Crippen LogP contribution in [-0.2, 0) is 11.3 Å². The highest BCUT2D eigenvalue weighted by atomic mass is 79.9. The molecule has 0 amide bonds. The van der Waals surface area contributed by atoms with Gasteiger partial charge >= 0.3 is 5.97 Å². The molecule has 1 aromatic heterocycles. The number of aromatic nitrogens is 2. The number of hydrogen-bond donors (Lipinski definition) is 0. The highest BCUT2D eigenvalue weighted by molar-refractivity contribution is 9.10. The molecule has 0 N–H and O–H groups in total. The van der Waals surface area contributed by atoms with Gasteiger partial charge in [0.1, 0.15) is 5.75 Å². The third-order valence-corrected chi connectivity index (χ3v) is 4.07. The zero-order valence-corrected chi connectivity index (χ0v) is 15.2. The second-order valence-electron chi connectivity index (χ2n) is 5.30. The summed E-state index contributed by atoms with van der Waals surface area (Å²) in [6.07, 6.45) is 0. The van der Waals surface area contributed by atoms with Gasteiger partial charge in [-0.2, -0.15) is 0 Å². The van der Waals surface area contributed by atoms with Gasteiger partial charge in [-0.25, -0.2) is 4.79 Å². The lowest BCUT2D eigenvalue weighted by Gasteiger charge is -2.06. The molecule has 0 unspecified atom stereocenters. The first-order valence-corrected chi connectivity index (χ1v) is 8.26. The van der Waals surface area contributed by atoms with Gasteiger partial charge in [0.2, 0.25) is 5.89 Å².